The number of benzene rings is 1. The van der Waals surface area contributed by atoms with E-state index in [1.165, 1.54) is 16.7 Å². The molecule has 1 atom stereocenters. The fraction of sp³-hybridized carbons (Fsp3) is 0.200. The van der Waals surface area contributed by atoms with Crippen LogP contribution in [0.5, 0.6) is 0 Å². The average molecular weight is 210 g/mol. The van der Waals surface area contributed by atoms with Crippen LogP contribution in [0.1, 0.15) is 29.0 Å². The molecular weight excluding hydrogens is 196 g/mol. The molecule has 2 aliphatic rings. The first-order chi connectivity index (χ1) is 7.84. The van der Waals surface area contributed by atoms with Gasteiger partial charge >= 0.3 is 0 Å². The number of aliphatic hydroxyl groups excluding tert-OH is 1. The van der Waals surface area contributed by atoms with Crippen molar-refractivity contribution in [2.75, 3.05) is 0 Å². The van der Waals surface area contributed by atoms with Crippen LogP contribution in [0.4, 0.5) is 0 Å². The summed E-state index contributed by atoms with van der Waals surface area (Å²) < 4.78 is 0. The van der Waals surface area contributed by atoms with Crippen molar-refractivity contribution in [3.05, 3.63) is 65.0 Å². The molecule has 0 fully saturated rings. The summed E-state index contributed by atoms with van der Waals surface area (Å²) in [6.45, 7) is 0. The van der Waals surface area contributed by atoms with Crippen molar-refractivity contribution in [1.29, 1.82) is 0 Å². The smallest absolute Gasteiger partial charge is 0.0972 e. The molecule has 0 saturated carbocycles. The van der Waals surface area contributed by atoms with Crippen LogP contribution < -0.4 is 0 Å². The summed E-state index contributed by atoms with van der Waals surface area (Å²) in [6.07, 6.45) is 12.3. The fourth-order valence-electron chi connectivity index (χ4n) is 2.51. The second-order valence-corrected chi connectivity index (χ2v) is 4.39. The zero-order valence-electron chi connectivity index (χ0n) is 9.06. The number of allylic oxidation sites excluding steroid dienone is 5. The third-order valence-corrected chi connectivity index (χ3v) is 3.29. The topological polar surface area (TPSA) is 20.2 Å². The van der Waals surface area contributed by atoms with Crippen molar-refractivity contribution < 1.29 is 5.11 Å². The van der Waals surface area contributed by atoms with E-state index in [1.54, 1.807) is 0 Å². The summed E-state index contributed by atoms with van der Waals surface area (Å²) in [7, 11) is 0. The maximum absolute atomic E-state index is 9.60. The van der Waals surface area contributed by atoms with Gasteiger partial charge in [0.15, 0.2) is 0 Å². The first kappa shape index (κ1) is 9.46. The predicted molar refractivity (Wildman–Crippen MR) is 66.4 cm³/mol. The summed E-state index contributed by atoms with van der Waals surface area (Å²) >= 11 is 0. The Morgan fingerprint density at radius 3 is 2.94 bits per heavy atom. The van der Waals surface area contributed by atoms with Crippen LogP contribution in [-0.4, -0.2) is 5.11 Å². The molecule has 1 heteroatoms. The molecule has 0 bridgehead atoms. The van der Waals surface area contributed by atoms with Crippen molar-refractivity contribution in [3.63, 3.8) is 0 Å². The summed E-state index contributed by atoms with van der Waals surface area (Å²) in [6, 6.07) is 6.36. The lowest BCUT2D eigenvalue weighted by Gasteiger charge is -2.16. The highest BCUT2D eigenvalue weighted by atomic mass is 16.3. The van der Waals surface area contributed by atoms with Gasteiger partial charge in [-0.2, -0.15) is 0 Å². The monoisotopic (exact) mass is 210 g/mol. The SMILES string of the molecule is OC1=Cc2c(cccc2C2C=CC=CC2)C1. The van der Waals surface area contributed by atoms with Gasteiger partial charge in [0.1, 0.15) is 0 Å². The number of aliphatic hydroxyl groups is 1. The molecular formula is C15H14O. The third kappa shape index (κ3) is 1.49. The molecule has 0 heterocycles. The summed E-state index contributed by atoms with van der Waals surface area (Å²) in [5, 5.41) is 9.60. The first-order valence-corrected chi connectivity index (χ1v) is 5.69. The molecule has 80 valence electrons. The van der Waals surface area contributed by atoms with Gasteiger partial charge in [-0.1, -0.05) is 42.5 Å². The van der Waals surface area contributed by atoms with Crippen LogP contribution in [0.2, 0.25) is 0 Å². The Balaban J connectivity index is 2.05. The van der Waals surface area contributed by atoms with E-state index in [-0.39, 0.29) is 0 Å². The highest BCUT2D eigenvalue weighted by molar-refractivity contribution is 5.66. The van der Waals surface area contributed by atoms with Gasteiger partial charge in [0.2, 0.25) is 0 Å². The highest BCUT2D eigenvalue weighted by Crippen LogP contribution is 2.34. The molecule has 0 amide bonds. The fourth-order valence-corrected chi connectivity index (χ4v) is 2.51. The Labute approximate surface area is 95.4 Å². The Hall–Kier alpha value is -1.76. The maximum Gasteiger partial charge on any atom is 0.0972 e. The number of hydrogen-bond donors (Lipinski definition) is 1. The van der Waals surface area contributed by atoms with E-state index in [9.17, 15) is 5.11 Å². The van der Waals surface area contributed by atoms with E-state index in [4.69, 9.17) is 0 Å². The van der Waals surface area contributed by atoms with Crippen LogP contribution >= 0.6 is 0 Å². The lowest BCUT2D eigenvalue weighted by molar-refractivity contribution is 0.408. The molecule has 0 saturated heterocycles. The maximum atomic E-state index is 9.60. The van der Waals surface area contributed by atoms with Gasteiger partial charge < -0.3 is 5.11 Å². The second kappa shape index (κ2) is 3.67. The number of rotatable bonds is 1. The van der Waals surface area contributed by atoms with Gasteiger partial charge in [0.25, 0.3) is 0 Å². The van der Waals surface area contributed by atoms with Crippen molar-refractivity contribution >= 4 is 6.08 Å². The van der Waals surface area contributed by atoms with Crippen molar-refractivity contribution in [3.8, 4) is 0 Å². The van der Waals surface area contributed by atoms with Gasteiger partial charge in [-0.3, -0.25) is 0 Å². The van der Waals surface area contributed by atoms with Crippen LogP contribution in [0.25, 0.3) is 6.08 Å². The molecule has 1 nitrogen and oxygen atoms in total. The Morgan fingerprint density at radius 2 is 2.12 bits per heavy atom. The normalized spacial score (nSPS) is 22.0. The molecule has 1 aromatic rings. The van der Waals surface area contributed by atoms with E-state index >= 15 is 0 Å². The van der Waals surface area contributed by atoms with E-state index in [2.05, 4.69) is 42.5 Å². The third-order valence-electron chi connectivity index (χ3n) is 3.29. The molecule has 3 rings (SSSR count). The van der Waals surface area contributed by atoms with Gasteiger partial charge in [0, 0.05) is 12.3 Å². The van der Waals surface area contributed by atoms with Gasteiger partial charge in [-0.05, 0) is 29.2 Å². The number of fused-ring (bicyclic) bond motifs is 1. The highest BCUT2D eigenvalue weighted by Gasteiger charge is 2.19. The van der Waals surface area contributed by atoms with Crippen molar-refractivity contribution in [2.45, 2.75) is 18.8 Å². The van der Waals surface area contributed by atoms with E-state index in [1.807, 2.05) is 6.08 Å². The molecule has 0 aromatic heterocycles. The van der Waals surface area contributed by atoms with Crippen LogP contribution in [-0.2, 0) is 6.42 Å². The lowest BCUT2D eigenvalue weighted by Crippen LogP contribution is -1.99. The zero-order chi connectivity index (χ0) is 11.0. The minimum atomic E-state index is 0.460. The van der Waals surface area contributed by atoms with E-state index in [0.717, 1.165) is 6.42 Å². The minimum Gasteiger partial charge on any atom is -0.512 e. The van der Waals surface area contributed by atoms with Crippen LogP contribution in [0.15, 0.2) is 48.3 Å². The molecule has 1 N–H and O–H groups in total. The predicted octanol–water partition coefficient (Wildman–Crippen LogP) is 3.74. The first-order valence-electron chi connectivity index (χ1n) is 5.69. The van der Waals surface area contributed by atoms with Gasteiger partial charge in [-0.25, -0.2) is 0 Å². The average Bonchev–Trinajstić information content (AvgIpc) is 2.70. The Morgan fingerprint density at radius 1 is 1.19 bits per heavy atom. The van der Waals surface area contributed by atoms with Crippen molar-refractivity contribution in [2.24, 2.45) is 0 Å². The molecule has 0 radical (unpaired) electrons. The Kier molecular flexibility index (Phi) is 2.17. The number of hydrogen-bond acceptors (Lipinski definition) is 1. The molecule has 0 spiro atoms. The lowest BCUT2D eigenvalue weighted by atomic mass is 9.88. The minimum absolute atomic E-state index is 0.460. The standard InChI is InChI=1S/C15H14O/c16-13-9-12-7-4-8-14(15(12)10-13)11-5-2-1-3-6-11/h1-5,7-8,10-11,16H,6,9H2. The van der Waals surface area contributed by atoms with Gasteiger partial charge in [0.05, 0.1) is 5.76 Å². The second-order valence-electron chi connectivity index (χ2n) is 4.39. The molecule has 16 heavy (non-hydrogen) atoms. The molecule has 2 aliphatic carbocycles. The van der Waals surface area contributed by atoms with E-state index in [0.29, 0.717) is 18.1 Å². The summed E-state index contributed by atoms with van der Waals surface area (Å²) in [4.78, 5) is 0. The van der Waals surface area contributed by atoms with Crippen LogP contribution in [0, 0.1) is 0 Å². The molecule has 1 unspecified atom stereocenters. The van der Waals surface area contributed by atoms with Gasteiger partial charge in [-0.15, -0.1) is 0 Å². The quantitative estimate of drug-likeness (QED) is 0.748. The van der Waals surface area contributed by atoms with E-state index < -0.39 is 0 Å². The van der Waals surface area contributed by atoms with Crippen molar-refractivity contribution in [1.82, 2.24) is 0 Å². The molecule has 1 aromatic carbocycles. The van der Waals surface area contributed by atoms with Crippen LogP contribution in [0.3, 0.4) is 0 Å². The Bertz CT molecular complexity index is 506. The molecule has 0 aliphatic heterocycles. The summed E-state index contributed by atoms with van der Waals surface area (Å²) in [5.41, 5.74) is 3.81. The zero-order valence-corrected chi connectivity index (χ0v) is 9.06. The summed E-state index contributed by atoms with van der Waals surface area (Å²) in [5.74, 6) is 0.944. The largest absolute Gasteiger partial charge is 0.512 e.